The van der Waals surface area contributed by atoms with Gasteiger partial charge in [-0.2, -0.15) is 11.3 Å². The summed E-state index contributed by atoms with van der Waals surface area (Å²) in [6.45, 7) is 5.20. The van der Waals surface area contributed by atoms with Gasteiger partial charge in [0.15, 0.2) is 0 Å². The van der Waals surface area contributed by atoms with Crippen molar-refractivity contribution in [3.05, 3.63) is 58.5 Å². The molecule has 1 N–H and O–H groups in total. The van der Waals surface area contributed by atoms with Crippen molar-refractivity contribution >= 4 is 29.0 Å². The van der Waals surface area contributed by atoms with Crippen LogP contribution in [0.5, 0.6) is 0 Å². The molecule has 1 aliphatic heterocycles. The van der Waals surface area contributed by atoms with Gasteiger partial charge < -0.3 is 10.2 Å². The van der Waals surface area contributed by atoms with E-state index in [9.17, 15) is 9.18 Å². The number of nitrogens with one attached hydrogen (secondary N) is 1. The molecule has 1 aromatic heterocycles. The summed E-state index contributed by atoms with van der Waals surface area (Å²) in [6.07, 6.45) is 3.40. The van der Waals surface area contributed by atoms with Crippen LogP contribution >= 0.6 is 11.3 Å². The molecule has 2 aromatic rings. The third-order valence-corrected chi connectivity index (χ3v) is 4.96. The van der Waals surface area contributed by atoms with Crippen molar-refractivity contribution in [3.63, 3.8) is 0 Å². The van der Waals surface area contributed by atoms with E-state index in [1.807, 2.05) is 35.0 Å². The van der Waals surface area contributed by atoms with Crippen LogP contribution in [-0.2, 0) is 4.79 Å². The van der Waals surface area contributed by atoms with E-state index < -0.39 is 0 Å². The molecule has 0 bridgehead atoms. The Hall–Kier alpha value is -2.18. The monoisotopic (exact) mass is 359 g/mol. The standard InChI is InChI=1S/C19H22FN3OS/c20-17-2-4-18(5-3-17)23-12-10-22(11-13-23)9-8-21-19(24)6-1-16-7-14-25-15-16/h1-7,14-15H,8-13H2,(H,21,24)/b6-1+. The molecule has 25 heavy (non-hydrogen) atoms. The topological polar surface area (TPSA) is 35.6 Å². The SMILES string of the molecule is O=C(/C=C/c1ccsc1)NCCN1CCN(c2ccc(F)cc2)CC1. The number of piperazine rings is 1. The summed E-state index contributed by atoms with van der Waals surface area (Å²) in [5, 5.41) is 6.92. The molecular formula is C19H22FN3OS. The number of thiophene rings is 1. The Balaban J connectivity index is 1.35. The summed E-state index contributed by atoms with van der Waals surface area (Å²) < 4.78 is 13.0. The molecule has 1 aromatic carbocycles. The largest absolute Gasteiger partial charge is 0.369 e. The normalized spacial score (nSPS) is 15.6. The second-order valence-corrected chi connectivity index (χ2v) is 6.77. The van der Waals surface area contributed by atoms with Crippen molar-refractivity contribution < 1.29 is 9.18 Å². The van der Waals surface area contributed by atoms with Gasteiger partial charge in [-0.1, -0.05) is 0 Å². The zero-order chi connectivity index (χ0) is 17.5. The number of amides is 1. The van der Waals surface area contributed by atoms with Gasteiger partial charge in [0.1, 0.15) is 5.82 Å². The van der Waals surface area contributed by atoms with Crippen LogP contribution < -0.4 is 10.2 Å². The first kappa shape index (κ1) is 17.6. The van der Waals surface area contributed by atoms with Gasteiger partial charge in [0, 0.05) is 51.0 Å². The molecule has 1 saturated heterocycles. The summed E-state index contributed by atoms with van der Waals surface area (Å²) in [7, 11) is 0. The van der Waals surface area contributed by atoms with E-state index >= 15 is 0 Å². The molecule has 1 amide bonds. The van der Waals surface area contributed by atoms with E-state index in [1.165, 1.54) is 12.1 Å². The fourth-order valence-electron chi connectivity index (χ4n) is 2.82. The highest BCUT2D eigenvalue weighted by atomic mass is 32.1. The zero-order valence-electron chi connectivity index (χ0n) is 14.0. The second-order valence-electron chi connectivity index (χ2n) is 5.99. The molecular weight excluding hydrogens is 337 g/mol. The maximum atomic E-state index is 13.0. The summed E-state index contributed by atoms with van der Waals surface area (Å²) in [4.78, 5) is 16.4. The quantitative estimate of drug-likeness (QED) is 0.806. The molecule has 3 rings (SSSR count). The highest BCUT2D eigenvalue weighted by molar-refractivity contribution is 7.08. The number of halogens is 1. The van der Waals surface area contributed by atoms with E-state index in [1.54, 1.807) is 17.4 Å². The Bertz CT molecular complexity index is 692. The fraction of sp³-hybridized carbons (Fsp3) is 0.316. The van der Waals surface area contributed by atoms with Crippen LogP contribution in [-0.4, -0.2) is 50.1 Å². The lowest BCUT2D eigenvalue weighted by molar-refractivity contribution is -0.116. The van der Waals surface area contributed by atoms with E-state index in [-0.39, 0.29) is 11.7 Å². The molecule has 1 aliphatic rings. The number of anilines is 1. The lowest BCUT2D eigenvalue weighted by atomic mass is 10.2. The Morgan fingerprint density at radius 3 is 2.60 bits per heavy atom. The minimum atomic E-state index is -0.203. The van der Waals surface area contributed by atoms with Crippen LogP contribution in [0.15, 0.2) is 47.2 Å². The molecule has 0 atom stereocenters. The molecule has 2 heterocycles. The van der Waals surface area contributed by atoms with Crippen LogP contribution in [0.4, 0.5) is 10.1 Å². The number of carbonyl (C=O) groups is 1. The first-order valence-corrected chi connectivity index (χ1v) is 9.36. The third-order valence-electron chi connectivity index (χ3n) is 4.26. The third kappa shape index (κ3) is 5.41. The van der Waals surface area contributed by atoms with Gasteiger partial charge in [0.25, 0.3) is 0 Å². The lowest BCUT2D eigenvalue weighted by Crippen LogP contribution is -2.48. The summed E-state index contributed by atoms with van der Waals surface area (Å²) in [5.41, 5.74) is 2.12. The van der Waals surface area contributed by atoms with E-state index in [0.717, 1.165) is 44.0 Å². The van der Waals surface area contributed by atoms with Gasteiger partial charge in [-0.05, 0) is 52.7 Å². The summed E-state index contributed by atoms with van der Waals surface area (Å²) in [5.74, 6) is -0.262. The fourth-order valence-corrected chi connectivity index (χ4v) is 3.45. The molecule has 4 nitrogen and oxygen atoms in total. The molecule has 0 unspecified atom stereocenters. The Labute approximate surface area is 151 Å². The van der Waals surface area contributed by atoms with Crippen molar-refractivity contribution in [2.45, 2.75) is 0 Å². The Morgan fingerprint density at radius 1 is 1.16 bits per heavy atom. The van der Waals surface area contributed by atoms with Crippen LogP contribution in [0.3, 0.4) is 0 Å². The van der Waals surface area contributed by atoms with Crippen molar-refractivity contribution in [2.75, 3.05) is 44.2 Å². The van der Waals surface area contributed by atoms with E-state index in [4.69, 9.17) is 0 Å². The molecule has 6 heteroatoms. The zero-order valence-corrected chi connectivity index (χ0v) is 14.8. The van der Waals surface area contributed by atoms with Crippen LogP contribution in [0.2, 0.25) is 0 Å². The number of hydrogen-bond donors (Lipinski definition) is 1. The number of nitrogens with zero attached hydrogens (tertiary/aromatic N) is 2. The van der Waals surface area contributed by atoms with Gasteiger partial charge in [0.2, 0.25) is 5.91 Å². The molecule has 0 radical (unpaired) electrons. The average Bonchev–Trinajstić information content (AvgIpc) is 3.15. The smallest absolute Gasteiger partial charge is 0.244 e. The first-order chi connectivity index (χ1) is 12.2. The molecule has 1 fully saturated rings. The Morgan fingerprint density at radius 2 is 1.92 bits per heavy atom. The first-order valence-electron chi connectivity index (χ1n) is 8.42. The van der Waals surface area contributed by atoms with Crippen molar-refractivity contribution in [2.24, 2.45) is 0 Å². The van der Waals surface area contributed by atoms with Gasteiger partial charge in [0.05, 0.1) is 0 Å². The average molecular weight is 359 g/mol. The predicted molar refractivity (Wildman–Crippen MR) is 101 cm³/mol. The Kier molecular flexibility index (Phi) is 6.19. The van der Waals surface area contributed by atoms with E-state index in [0.29, 0.717) is 6.54 Å². The molecule has 132 valence electrons. The molecule has 0 saturated carbocycles. The maximum Gasteiger partial charge on any atom is 0.244 e. The minimum absolute atomic E-state index is 0.0591. The number of benzene rings is 1. The van der Waals surface area contributed by atoms with Crippen LogP contribution in [0, 0.1) is 5.82 Å². The van der Waals surface area contributed by atoms with Gasteiger partial charge in [-0.15, -0.1) is 0 Å². The van der Waals surface area contributed by atoms with Crippen molar-refractivity contribution in [1.82, 2.24) is 10.2 Å². The predicted octanol–water partition coefficient (Wildman–Crippen LogP) is 2.84. The van der Waals surface area contributed by atoms with E-state index in [2.05, 4.69) is 15.1 Å². The minimum Gasteiger partial charge on any atom is -0.369 e. The van der Waals surface area contributed by atoms with Crippen molar-refractivity contribution in [1.29, 1.82) is 0 Å². The number of carbonyl (C=O) groups excluding carboxylic acids is 1. The van der Waals surface area contributed by atoms with Crippen molar-refractivity contribution in [3.8, 4) is 0 Å². The summed E-state index contributed by atoms with van der Waals surface area (Å²) in [6, 6.07) is 8.63. The highest BCUT2D eigenvalue weighted by Gasteiger charge is 2.16. The van der Waals surface area contributed by atoms with Gasteiger partial charge >= 0.3 is 0 Å². The molecule has 0 aliphatic carbocycles. The highest BCUT2D eigenvalue weighted by Crippen LogP contribution is 2.16. The number of rotatable bonds is 6. The summed E-state index contributed by atoms with van der Waals surface area (Å²) >= 11 is 1.61. The van der Waals surface area contributed by atoms with Crippen LogP contribution in [0.1, 0.15) is 5.56 Å². The van der Waals surface area contributed by atoms with Gasteiger partial charge in [-0.3, -0.25) is 9.69 Å². The lowest BCUT2D eigenvalue weighted by Gasteiger charge is -2.36. The second kappa shape index (κ2) is 8.78. The number of hydrogen-bond acceptors (Lipinski definition) is 4. The maximum absolute atomic E-state index is 13.0. The van der Waals surface area contributed by atoms with Crippen LogP contribution in [0.25, 0.3) is 6.08 Å². The molecule has 0 spiro atoms. The van der Waals surface area contributed by atoms with Gasteiger partial charge in [-0.25, -0.2) is 4.39 Å².